The van der Waals surface area contributed by atoms with Crippen LogP contribution >= 0.6 is 0 Å². The van der Waals surface area contributed by atoms with E-state index >= 15 is 0 Å². The fourth-order valence-corrected chi connectivity index (χ4v) is 4.96. The number of benzene rings is 1. The molecule has 0 radical (unpaired) electrons. The van der Waals surface area contributed by atoms with Crippen molar-refractivity contribution >= 4 is 23.5 Å². The molecule has 1 aromatic heterocycles. The second kappa shape index (κ2) is 7.15. The molecule has 2 aliphatic heterocycles. The lowest BCUT2D eigenvalue weighted by Crippen LogP contribution is -2.40. The van der Waals surface area contributed by atoms with Gasteiger partial charge < -0.3 is 10.6 Å². The number of carbonyl (C=O) groups excluding carboxylic acids is 2. The molecule has 164 valence electrons. The number of anilines is 1. The number of hydrogen-bond donors (Lipinski definition) is 1. The highest BCUT2D eigenvalue weighted by Crippen LogP contribution is 2.46. The molecule has 2 amide bonds. The third kappa shape index (κ3) is 3.36. The summed E-state index contributed by atoms with van der Waals surface area (Å²) < 4.78 is 0. The molecule has 1 atom stereocenters. The van der Waals surface area contributed by atoms with Crippen LogP contribution in [0.2, 0.25) is 0 Å². The molecule has 1 spiro atoms. The van der Waals surface area contributed by atoms with Gasteiger partial charge in [-0.25, -0.2) is 4.98 Å². The van der Waals surface area contributed by atoms with Crippen LogP contribution in [0.1, 0.15) is 37.7 Å². The number of hydrogen-bond acceptors (Lipinski definition) is 5. The summed E-state index contributed by atoms with van der Waals surface area (Å²) in [6, 6.07) is 11.9. The number of nitrogen functional groups attached to an aromatic ring is 1. The van der Waals surface area contributed by atoms with E-state index in [1.807, 2.05) is 46.2 Å². The van der Waals surface area contributed by atoms with Gasteiger partial charge in [-0.15, -0.1) is 0 Å². The average molecular weight is 430 g/mol. The Labute approximate surface area is 187 Å². The lowest BCUT2D eigenvalue weighted by molar-refractivity contribution is -0.131. The first-order chi connectivity index (χ1) is 15.5. The largest absolute Gasteiger partial charge is 0.384 e. The van der Waals surface area contributed by atoms with Crippen molar-refractivity contribution in [3.05, 3.63) is 48.2 Å². The SMILES string of the molecule is Nc1cc(-c2ccc(C3=NC4(CC4)C(=O)N3C[C@@H]3CCN(C(=O)C4CC4)C3)cc2)ccn1. The first-order valence-electron chi connectivity index (χ1n) is 11.6. The molecule has 3 heterocycles. The number of amidine groups is 1. The first kappa shape index (κ1) is 19.5. The molecule has 7 nitrogen and oxygen atoms in total. The number of nitrogens with zero attached hydrogens (tertiary/aromatic N) is 4. The fourth-order valence-electron chi connectivity index (χ4n) is 4.96. The van der Waals surface area contributed by atoms with Crippen LogP contribution < -0.4 is 5.73 Å². The van der Waals surface area contributed by atoms with Crippen LogP contribution in [-0.4, -0.2) is 57.6 Å². The fraction of sp³-hybridized carbons (Fsp3) is 0.440. The number of aliphatic imine (C=N–C) groups is 1. The van der Waals surface area contributed by atoms with E-state index in [0.717, 1.165) is 67.7 Å². The van der Waals surface area contributed by atoms with Gasteiger partial charge in [-0.2, -0.15) is 0 Å². The van der Waals surface area contributed by atoms with Crippen molar-refractivity contribution in [2.75, 3.05) is 25.4 Å². The molecule has 1 saturated heterocycles. The number of nitrogens with two attached hydrogens (primary N) is 1. The van der Waals surface area contributed by atoms with Gasteiger partial charge in [-0.05, 0) is 61.3 Å². The van der Waals surface area contributed by atoms with E-state index in [9.17, 15) is 9.59 Å². The second-order valence-electron chi connectivity index (χ2n) is 9.64. The predicted molar refractivity (Wildman–Crippen MR) is 122 cm³/mol. The van der Waals surface area contributed by atoms with Crippen LogP contribution in [0.3, 0.4) is 0 Å². The minimum atomic E-state index is -0.532. The molecular weight excluding hydrogens is 402 g/mol. The summed E-state index contributed by atoms with van der Waals surface area (Å²) in [5.74, 6) is 2.26. The van der Waals surface area contributed by atoms with Gasteiger partial charge in [0.1, 0.15) is 17.2 Å². The molecule has 4 aliphatic rings. The van der Waals surface area contributed by atoms with Gasteiger partial charge in [0, 0.05) is 37.3 Å². The zero-order chi connectivity index (χ0) is 21.9. The molecule has 0 unspecified atom stereocenters. The summed E-state index contributed by atoms with van der Waals surface area (Å²) in [5, 5.41) is 0. The summed E-state index contributed by atoms with van der Waals surface area (Å²) in [6.45, 7) is 2.20. The molecule has 6 rings (SSSR count). The summed E-state index contributed by atoms with van der Waals surface area (Å²) in [7, 11) is 0. The van der Waals surface area contributed by atoms with Crippen LogP contribution in [-0.2, 0) is 9.59 Å². The van der Waals surface area contributed by atoms with Gasteiger partial charge >= 0.3 is 0 Å². The van der Waals surface area contributed by atoms with Crippen LogP contribution in [0.15, 0.2) is 47.6 Å². The maximum absolute atomic E-state index is 13.2. The lowest BCUT2D eigenvalue weighted by Gasteiger charge is -2.23. The molecule has 1 aromatic carbocycles. The molecule has 3 fully saturated rings. The Morgan fingerprint density at radius 1 is 1.06 bits per heavy atom. The van der Waals surface area contributed by atoms with Crippen LogP contribution in [0.5, 0.6) is 0 Å². The molecule has 7 heteroatoms. The summed E-state index contributed by atoms with van der Waals surface area (Å²) in [5.41, 5.74) is 8.30. The normalized spacial score (nSPS) is 23.7. The Morgan fingerprint density at radius 3 is 2.50 bits per heavy atom. The van der Waals surface area contributed by atoms with Gasteiger partial charge in [0.2, 0.25) is 5.91 Å². The highest BCUT2D eigenvalue weighted by Gasteiger charge is 2.57. The third-order valence-electron chi connectivity index (χ3n) is 7.16. The van der Waals surface area contributed by atoms with Crippen LogP contribution in [0.25, 0.3) is 11.1 Å². The van der Waals surface area contributed by atoms with E-state index in [2.05, 4.69) is 4.98 Å². The van der Waals surface area contributed by atoms with Crippen molar-refractivity contribution in [1.82, 2.24) is 14.8 Å². The van der Waals surface area contributed by atoms with Crippen molar-refractivity contribution in [3.63, 3.8) is 0 Å². The number of aromatic nitrogens is 1. The van der Waals surface area contributed by atoms with Crippen molar-refractivity contribution in [2.45, 2.75) is 37.6 Å². The highest BCUT2D eigenvalue weighted by molar-refractivity contribution is 6.16. The van der Waals surface area contributed by atoms with Gasteiger partial charge in [-0.3, -0.25) is 19.5 Å². The Hall–Kier alpha value is -3.22. The molecule has 32 heavy (non-hydrogen) atoms. The Balaban J connectivity index is 1.21. The zero-order valence-electron chi connectivity index (χ0n) is 18.0. The van der Waals surface area contributed by atoms with Crippen molar-refractivity contribution in [2.24, 2.45) is 16.8 Å². The molecular formula is C25H27N5O2. The zero-order valence-corrected chi connectivity index (χ0v) is 18.0. The number of carbonyl (C=O) groups is 2. The lowest BCUT2D eigenvalue weighted by atomic mass is 10.0. The standard InChI is InChI=1S/C25H27N5O2/c26-21-13-20(7-11-27-21)17-1-3-18(4-2-17)22-28-25(9-10-25)24(32)30(22)15-16-8-12-29(14-16)23(31)19-5-6-19/h1-4,7,11,13,16,19H,5-6,8-10,12,14-15H2,(H2,26,27)/t16-/m1/s1. The Kier molecular flexibility index (Phi) is 4.35. The predicted octanol–water partition coefficient (Wildman–Crippen LogP) is 2.71. The maximum Gasteiger partial charge on any atom is 0.256 e. The molecule has 2 saturated carbocycles. The van der Waals surface area contributed by atoms with Gasteiger partial charge in [0.25, 0.3) is 5.91 Å². The number of rotatable bonds is 5. The first-order valence-corrected chi connectivity index (χ1v) is 11.6. The molecule has 0 bridgehead atoms. The average Bonchev–Trinajstić information content (AvgIpc) is 3.72. The van der Waals surface area contributed by atoms with Crippen molar-refractivity contribution in [1.29, 1.82) is 0 Å². The van der Waals surface area contributed by atoms with E-state index < -0.39 is 5.54 Å². The van der Waals surface area contributed by atoms with Gasteiger partial charge in [0.05, 0.1) is 0 Å². The number of pyridine rings is 1. The number of amides is 2. The van der Waals surface area contributed by atoms with Crippen molar-refractivity contribution in [3.8, 4) is 11.1 Å². The Bertz CT molecular complexity index is 1120. The van der Waals surface area contributed by atoms with Crippen molar-refractivity contribution < 1.29 is 9.59 Å². The third-order valence-corrected chi connectivity index (χ3v) is 7.16. The van der Waals surface area contributed by atoms with Crippen LogP contribution in [0.4, 0.5) is 5.82 Å². The van der Waals surface area contributed by atoms with E-state index in [4.69, 9.17) is 10.7 Å². The van der Waals surface area contributed by atoms with E-state index in [1.54, 1.807) is 6.20 Å². The van der Waals surface area contributed by atoms with Gasteiger partial charge in [0.15, 0.2) is 0 Å². The van der Waals surface area contributed by atoms with E-state index in [1.165, 1.54) is 0 Å². The highest BCUT2D eigenvalue weighted by atomic mass is 16.2. The summed E-state index contributed by atoms with van der Waals surface area (Å²) in [6.07, 6.45) is 6.38. The smallest absolute Gasteiger partial charge is 0.256 e. The summed E-state index contributed by atoms with van der Waals surface area (Å²) in [4.78, 5) is 38.5. The summed E-state index contributed by atoms with van der Waals surface area (Å²) >= 11 is 0. The monoisotopic (exact) mass is 429 g/mol. The minimum absolute atomic E-state index is 0.130. The van der Waals surface area contributed by atoms with E-state index in [0.29, 0.717) is 24.2 Å². The molecule has 2 aliphatic carbocycles. The molecule has 2 N–H and O–H groups in total. The Morgan fingerprint density at radius 2 is 1.81 bits per heavy atom. The quantitative estimate of drug-likeness (QED) is 0.791. The topological polar surface area (TPSA) is 91.9 Å². The minimum Gasteiger partial charge on any atom is -0.384 e. The maximum atomic E-state index is 13.2. The van der Waals surface area contributed by atoms with Crippen LogP contribution in [0, 0.1) is 11.8 Å². The number of likely N-dealkylation sites (tertiary alicyclic amines) is 1. The van der Waals surface area contributed by atoms with E-state index in [-0.39, 0.29) is 11.8 Å². The molecule has 2 aromatic rings. The van der Waals surface area contributed by atoms with Gasteiger partial charge in [-0.1, -0.05) is 24.3 Å². The second-order valence-corrected chi connectivity index (χ2v) is 9.64.